The minimum atomic E-state index is -0.203. The van der Waals surface area contributed by atoms with E-state index in [0.717, 1.165) is 21.8 Å². The predicted octanol–water partition coefficient (Wildman–Crippen LogP) is 2.78. The van der Waals surface area contributed by atoms with Crippen LogP contribution in [0, 0.1) is 0 Å². The van der Waals surface area contributed by atoms with E-state index in [1.54, 1.807) is 36.7 Å². The Bertz CT molecular complexity index is 1030. The fraction of sp³-hybridized carbons (Fsp3) is 0.190. The summed E-state index contributed by atoms with van der Waals surface area (Å²) in [6.07, 6.45) is 3.99. The number of imide groups is 1. The van der Waals surface area contributed by atoms with Gasteiger partial charge in [0.25, 0.3) is 5.91 Å². The van der Waals surface area contributed by atoms with Crippen molar-refractivity contribution in [2.75, 3.05) is 0 Å². The van der Waals surface area contributed by atoms with Gasteiger partial charge in [-0.2, -0.15) is 0 Å². The summed E-state index contributed by atoms with van der Waals surface area (Å²) in [7, 11) is 0. The van der Waals surface area contributed by atoms with Crippen LogP contribution in [0.5, 0.6) is 0 Å². The number of aromatic nitrogens is 2. The second-order valence-electron chi connectivity index (χ2n) is 6.62. The molecule has 3 heterocycles. The summed E-state index contributed by atoms with van der Waals surface area (Å²) in [5, 5.41) is 5.63. The summed E-state index contributed by atoms with van der Waals surface area (Å²) in [5.74, 6) is -0.497. The highest BCUT2D eigenvalue weighted by molar-refractivity contribution is 7.09. The minimum absolute atomic E-state index is 0.147. The van der Waals surface area contributed by atoms with E-state index < -0.39 is 0 Å². The lowest BCUT2D eigenvalue weighted by atomic mass is 10.1. The molecule has 2 aromatic heterocycles. The maximum absolute atomic E-state index is 12.4. The van der Waals surface area contributed by atoms with Crippen molar-refractivity contribution < 1.29 is 14.4 Å². The highest BCUT2D eigenvalue weighted by Crippen LogP contribution is 2.21. The third kappa shape index (κ3) is 4.38. The number of amides is 3. The molecule has 0 unspecified atom stereocenters. The number of hydrogen-bond donors (Lipinski definition) is 1. The lowest BCUT2D eigenvalue weighted by Gasteiger charge is -2.13. The van der Waals surface area contributed by atoms with Gasteiger partial charge in [0, 0.05) is 41.7 Å². The normalized spacial score (nSPS) is 13.7. The van der Waals surface area contributed by atoms with E-state index in [0.29, 0.717) is 12.1 Å². The Morgan fingerprint density at radius 1 is 1.03 bits per heavy atom. The highest BCUT2D eigenvalue weighted by Gasteiger charge is 2.28. The summed E-state index contributed by atoms with van der Waals surface area (Å²) in [6.45, 7) is 0.587. The molecule has 8 heteroatoms. The van der Waals surface area contributed by atoms with Gasteiger partial charge in [-0.05, 0) is 29.8 Å². The maximum Gasteiger partial charge on any atom is 0.251 e. The third-order valence-corrected chi connectivity index (χ3v) is 5.49. The molecule has 0 spiro atoms. The molecule has 3 amide bonds. The Kier molecular flexibility index (Phi) is 5.44. The van der Waals surface area contributed by atoms with E-state index in [2.05, 4.69) is 15.3 Å². The first-order valence-electron chi connectivity index (χ1n) is 9.15. The quantitative estimate of drug-likeness (QED) is 0.636. The summed E-state index contributed by atoms with van der Waals surface area (Å²) in [4.78, 5) is 45.6. The van der Waals surface area contributed by atoms with Crippen molar-refractivity contribution in [3.05, 3.63) is 70.3 Å². The zero-order chi connectivity index (χ0) is 20.2. The number of rotatable bonds is 6. The third-order valence-electron chi connectivity index (χ3n) is 4.64. The van der Waals surface area contributed by atoms with E-state index in [9.17, 15) is 14.4 Å². The van der Waals surface area contributed by atoms with E-state index >= 15 is 0 Å². The van der Waals surface area contributed by atoms with E-state index in [4.69, 9.17) is 0 Å². The first-order valence-corrected chi connectivity index (χ1v) is 10.0. The van der Waals surface area contributed by atoms with Gasteiger partial charge in [0.15, 0.2) is 0 Å². The number of likely N-dealkylation sites (tertiary alicyclic amines) is 1. The number of carbonyl (C=O) groups excluding carboxylic acids is 3. The summed E-state index contributed by atoms with van der Waals surface area (Å²) < 4.78 is 0. The number of nitrogens with zero attached hydrogens (tertiary/aromatic N) is 3. The Labute approximate surface area is 171 Å². The van der Waals surface area contributed by atoms with Crippen molar-refractivity contribution >= 4 is 29.1 Å². The Morgan fingerprint density at radius 3 is 2.41 bits per heavy atom. The molecule has 0 aliphatic carbocycles. The largest absolute Gasteiger partial charge is 0.346 e. The second-order valence-corrected chi connectivity index (χ2v) is 7.56. The highest BCUT2D eigenvalue weighted by atomic mass is 32.1. The number of hydrogen-bond acceptors (Lipinski definition) is 6. The molecule has 1 aliphatic heterocycles. The van der Waals surface area contributed by atoms with Crippen LogP contribution in [0.25, 0.3) is 11.3 Å². The molecule has 1 fully saturated rings. The summed E-state index contributed by atoms with van der Waals surface area (Å²) >= 11 is 1.49. The average molecular weight is 406 g/mol. The van der Waals surface area contributed by atoms with Crippen molar-refractivity contribution in [3.8, 4) is 11.3 Å². The Balaban J connectivity index is 1.34. The molecule has 0 atom stereocenters. The van der Waals surface area contributed by atoms with E-state index in [1.165, 1.54) is 16.2 Å². The van der Waals surface area contributed by atoms with Crippen LogP contribution in [0.2, 0.25) is 0 Å². The molecule has 0 radical (unpaired) electrons. The van der Waals surface area contributed by atoms with Crippen LogP contribution in [0.15, 0.2) is 54.2 Å². The number of benzene rings is 1. The first kappa shape index (κ1) is 18.9. The minimum Gasteiger partial charge on any atom is -0.346 e. The first-order chi connectivity index (χ1) is 14.1. The fourth-order valence-corrected chi connectivity index (χ4v) is 3.79. The van der Waals surface area contributed by atoms with E-state index in [1.807, 2.05) is 17.5 Å². The van der Waals surface area contributed by atoms with Crippen molar-refractivity contribution in [3.63, 3.8) is 0 Å². The van der Waals surface area contributed by atoms with Gasteiger partial charge in [0.05, 0.1) is 18.8 Å². The summed E-state index contributed by atoms with van der Waals surface area (Å²) in [5.41, 5.74) is 3.17. The smallest absolute Gasteiger partial charge is 0.251 e. The van der Waals surface area contributed by atoms with Crippen molar-refractivity contribution in [1.82, 2.24) is 20.2 Å². The Morgan fingerprint density at radius 2 is 1.72 bits per heavy atom. The summed E-state index contributed by atoms with van der Waals surface area (Å²) in [6, 6.07) is 10.7. The van der Waals surface area contributed by atoms with Crippen LogP contribution in [0.1, 0.15) is 33.8 Å². The molecule has 1 saturated heterocycles. The molecule has 0 saturated carbocycles. The topological polar surface area (TPSA) is 92.3 Å². The Hall–Kier alpha value is -3.39. The van der Waals surface area contributed by atoms with Gasteiger partial charge in [-0.25, -0.2) is 4.98 Å². The van der Waals surface area contributed by atoms with Crippen LogP contribution >= 0.6 is 11.3 Å². The fourth-order valence-electron chi connectivity index (χ4n) is 3.05. The average Bonchev–Trinajstić information content (AvgIpc) is 3.35. The van der Waals surface area contributed by atoms with Gasteiger partial charge >= 0.3 is 0 Å². The van der Waals surface area contributed by atoms with E-state index in [-0.39, 0.29) is 37.1 Å². The number of nitrogens with one attached hydrogen (secondary N) is 1. The number of carbonyl (C=O) groups is 3. The molecular formula is C21H18N4O3S. The van der Waals surface area contributed by atoms with Gasteiger partial charge in [-0.3, -0.25) is 24.3 Å². The van der Waals surface area contributed by atoms with Crippen LogP contribution in [-0.4, -0.2) is 32.6 Å². The molecule has 4 rings (SSSR count). The van der Waals surface area contributed by atoms with Crippen molar-refractivity contribution in [2.45, 2.75) is 25.9 Å². The SMILES string of the molecule is O=C(NCc1nc(-c2ccncc2)cs1)c1ccc(CN2C(=O)CCC2=O)cc1. The van der Waals surface area contributed by atoms with Gasteiger partial charge in [-0.15, -0.1) is 11.3 Å². The van der Waals surface area contributed by atoms with Gasteiger partial charge < -0.3 is 5.32 Å². The van der Waals surface area contributed by atoms with Gasteiger partial charge in [0.2, 0.25) is 11.8 Å². The lowest BCUT2D eigenvalue weighted by Crippen LogP contribution is -2.28. The van der Waals surface area contributed by atoms with Gasteiger partial charge in [0.1, 0.15) is 5.01 Å². The standard InChI is InChI=1S/C21H18N4O3S/c26-19-5-6-20(27)25(19)12-14-1-3-16(4-2-14)21(28)23-11-18-24-17(13-29-18)15-7-9-22-10-8-15/h1-4,7-10,13H,5-6,11-12H2,(H,23,28). The van der Waals surface area contributed by atoms with Crippen LogP contribution in [0.3, 0.4) is 0 Å². The van der Waals surface area contributed by atoms with Gasteiger partial charge in [-0.1, -0.05) is 12.1 Å². The van der Waals surface area contributed by atoms with Crippen molar-refractivity contribution in [2.24, 2.45) is 0 Å². The molecule has 7 nitrogen and oxygen atoms in total. The molecule has 0 bridgehead atoms. The number of thiazole rings is 1. The number of pyridine rings is 1. The molecule has 1 aromatic carbocycles. The molecule has 3 aromatic rings. The van der Waals surface area contributed by atoms with Crippen LogP contribution in [0.4, 0.5) is 0 Å². The molecule has 146 valence electrons. The molecule has 1 N–H and O–H groups in total. The second kappa shape index (κ2) is 8.32. The lowest BCUT2D eigenvalue weighted by molar-refractivity contribution is -0.139. The maximum atomic E-state index is 12.4. The van der Waals surface area contributed by atoms with Crippen molar-refractivity contribution in [1.29, 1.82) is 0 Å². The predicted molar refractivity (Wildman–Crippen MR) is 108 cm³/mol. The zero-order valence-corrected chi connectivity index (χ0v) is 16.3. The molecule has 29 heavy (non-hydrogen) atoms. The zero-order valence-electron chi connectivity index (χ0n) is 15.5. The molecule has 1 aliphatic rings. The van der Waals surface area contributed by atoms with Crippen LogP contribution < -0.4 is 5.32 Å². The van der Waals surface area contributed by atoms with Crippen LogP contribution in [-0.2, 0) is 22.7 Å². The monoisotopic (exact) mass is 406 g/mol. The molecular weight excluding hydrogens is 388 g/mol.